The number of nitrogens with zero attached hydrogens (tertiary/aromatic N) is 1. The second kappa shape index (κ2) is 9.77. The van der Waals surface area contributed by atoms with Crippen LogP contribution in [0.25, 0.3) is 0 Å². The van der Waals surface area contributed by atoms with Gasteiger partial charge in [0.05, 0.1) is 16.9 Å². The van der Waals surface area contributed by atoms with Gasteiger partial charge in [-0.05, 0) is 61.4 Å². The molecule has 1 aliphatic heterocycles. The number of ether oxygens (including phenoxy) is 1. The highest BCUT2D eigenvalue weighted by Crippen LogP contribution is 2.22. The van der Waals surface area contributed by atoms with E-state index in [-0.39, 0.29) is 22.8 Å². The number of hydrogen-bond donors (Lipinski definition) is 2. The SMILES string of the molecule is COc1ccc(S(=O)(=O)NCCC(=O)Nc2ccc(S(=O)(=O)N3CCCC3)cc2)cc1. The molecule has 1 heterocycles. The zero-order valence-corrected chi connectivity index (χ0v) is 18.7. The molecule has 9 nitrogen and oxygen atoms in total. The Balaban J connectivity index is 1.51. The highest BCUT2D eigenvalue weighted by Gasteiger charge is 2.26. The van der Waals surface area contributed by atoms with Crippen molar-refractivity contribution in [2.24, 2.45) is 0 Å². The number of sulfonamides is 2. The lowest BCUT2D eigenvalue weighted by Gasteiger charge is -2.15. The average Bonchev–Trinajstić information content (AvgIpc) is 3.30. The van der Waals surface area contributed by atoms with Gasteiger partial charge < -0.3 is 10.1 Å². The van der Waals surface area contributed by atoms with E-state index in [2.05, 4.69) is 10.0 Å². The number of methoxy groups -OCH3 is 1. The van der Waals surface area contributed by atoms with Crippen LogP contribution in [0.3, 0.4) is 0 Å². The van der Waals surface area contributed by atoms with Crippen molar-refractivity contribution in [1.82, 2.24) is 9.03 Å². The van der Waals surface area contributed by atoms with Crippen LogP contribution in [0, 0.1) is 0 Å². The molecule has 1 fully saturated rings. The van der Waals surface area contributed by atoms with Crippen molar-refractivity contribution in [3.8, 4) is 5.75 Å². The molecule has 168 valence electrons. The fraction of sp³-hybridized carbons (Fsp3) is 0.350. The molecule has 3 rings (SSSR count). The van der Waals surface area contributed by atoms with Crippen LogP contribution >= 0.6 is 0 Å². The summed E-state index contributed by atoms with van der Waals surface area (Å²) in [5.74, 6) is 0.144. The van der Waals surface area contributed by atoms with Gasteiger partial charge in [-0.2, -0.15) is 4.31 Å². The van der Waals surface area contributed by atoms with Crippen molar-refractivity contribution in [1.29, 1.82) is 0 Å². The Kier molecular flexibility index (Phi) is 7.31. The van der Waals surface area contributed by atoms with Gasteiger partial charge in [0.1, 0.15) is 5.75 Å². The van der Waals surface area contributed by atoms with Gasteiger partial charge in [0.25, 0.3) is 0 Å². The largest absolute Gasteiger partial charge is 0.497 e. The summed E-state index contributed by atoms with van der Waals surface area (Å²) in [6.07, 6.45) is 1.63. The standard InChI is InChI=1S/C20H25N3O6S2/c1-29-17-6-10-18(11-7-17)30(25,26)21-13-12-20(24)22-16-4-8-19(9-5-16)31(27,28)23-14-2-3-15-23/h4-11,21H,2-3,12-15H2,1H3,(H,22,24). The molecule has 1 amide bonds. The van der Waals surface area contributed by atoms with Crippen molar-refractivity contribution in [2.45, 2.75) is 29.1 Å². The number of rotatable bonds is 9. The fourth-order valence-corrected chi connectivity index (χ4v) is 5.70. The second-order valence-corrected chi connectivity index (χ2v) is 10.7. The lowest BCUT2D eigenvalue weighted by Crippen LogP contribution is -2.28. The maximum atomic E-state index is 12.5. The van der Waals surface area contributed by atoms with E-state index in [1.807, 2.05) is 0 Å². The third-order valence-electron chi connectivity index (χ3n) is 4.85. The van der Waals surface area contributed by atoms with Crippen molar-refractivity contribution in [3.63, 3.8) is 0 Å². The molecule has 1 aliphatic rings. The van der Waals surface area contributed by atoms with Crippen LogP contribution in [-0.2, 0) is 24.8 Å². The highest BCUT2D eigenvalue weighted by molar-refractivity contribution is 7.89. The Morgan fingerprint density at radius 2 is 1.52 bits per heavy atom. The molecule has 31 heavy (non-hydrogen) atoms. The van der Waals surface area contributed by atoms with Crippen LogP contribution in [0.4, 0.5) is 5.69 Å². The summed E-state index contributed by atoms with van der Waals surface area (Å²) in [7, 11) is -5.76. The van der Waals surface area contributed by atoms with E-state index in [0.29, 0.717) is 24.5 Å². The zero-order chi connectivity index (χ0) is 22.5. The minimum absolute atomic E-state index is 0.0727. The number of benzene rings is 2. The van der Waals surface area contributed by atoms with E-state index in [9.17, 15) is 21.6 Å². The predicted octanol–water partition coefficient (Wildman–Crippen LogP) is 1.79. The zero-order valence-electron chi connectivity index (χ0n) is 17.1. The third-order valence-corrected chi connectivity index (χ3v) is 8.24. The summed E-state index contributed by atoms with van der Waals surface area (Å²) in [6, 6.07) is 11.8. The summed E-state index contributed by atoms with van der Waals surface area (Å²) >= 11 is 0. The minimum atomic E-state index is -3.74. The van der Waals surface area contributed by atoms with Crippen molar-refractivity contribution in [3.05, 3.63) is 48.5 Å². The first-order valence-electron chi connectivity index (χ1n) is 9.76. The molecule has 0 atom stereocenters. The first-order chi connectivity index (χ1) is 14.7. The van der Waals surface area contributed by atoms with Crippen LogP contribution in [-0.4, -0.2) is 53.8 Å². The molecule has 0 saturated carbocycles. The summed E-state index contributed by atoms with van der Waals surface area (Å²) in [4.78, 5) is 12.4. The number of carbonyl (C=O) groups excluding carboxylic acids is 1. The molecular formula is C20H25N3O6S2. The van der Waals surface area contributed by atoms with Gasteiger partial charge in [0.2, 0.25) is 26.0 Å². The molecule has 2 aromatic rings. The molecule has 0 aromatic heterocycles. The van der Waals surface area contributed by atoms with Crippen LogP contribution in [0.15, 0.2) is 58.3 Å². The van der Waals surface area contributed by atoms with Gasteiger partial charge in [0, 0.05) is 31.7 Å². The Morgan fingerprint density at radius 3 is 2.10 bits per heavy atom. The van der Waals surface area contributed by atoms with Gasteiger partial charge in [-0.1, -0.05) is 0 Å². The van der Waals surface area contributed by atoms with Gasteiger partial charge in [-0.25, -0.2) is 21.6 Å². The number of carbonyl (C=O) groups is 1. The molecule has 0 spiro atoms. The number of nitrogens with one attached hydrogen (secondary N) is 2. The Labute approximate surface area is 182 Å². The molecule has 0 aliphatic carbocycles. The molecule has 0 radical (unpaired) electrons. The lowest BCUT2D eigenvalue weighted by molar-refractivity contribution is -0.116. The molecule has 0 unspecified atom stereocenters. The Morgan fingerprint density at radius 1 is 0.935 bits per heavy atom. The monoisotopic (exact) mass is 467 g/mol. The fourth-order valence-electron chi connectivity index (χ4n) is 3.15. The average molecular weight is 468 g/mol. The molecule has 2 N–H and O–H groups in total. The van der Waals surface area contributed by atoms with Gasteiger partial charge in [-0.3, -0.25) is 4.79 Å². The van der Waals surface area contributed by atoms with E-state index in [4.69, 9.17) is 4.74 Å². The molecular weight excluding hydrogens is 442 g/mol. The van der Waals surface area contributed by atoms with Crippen LogP contribution < -0.4 is 14.8 Å². The van der Waals surface area contributed by atoms with E-state index in [0.717, 1.165) is 12.8 Å². The first-order valence-corrected chi connectivity index (χ1v) is 12.7. The van der Waals surface area contributed by atoms with Crippen LogP contribution in [0.5, 0.6) is 5.75 Å². The quantitative estimate of drug-likeness (QED) is 0.580. The van der Waals surface area contributed by atoms with Crippen molar-refractivity contribution < 1.29 is 26.4 Å². The third kappa shape index (κ3) is 5.82. The number of amides is 1. The normalized spacial score (nSPS) is 15.0. The smallest absolute Gasteiger partial charge is 0.243 e. The van der Waals surface area contributed by atoms with E-state index >= 15 is 0 Å². The minimum Gasteiger partial charge on any atom is -0.497 e. The van der Waals surface area contributed by atoms with Gasteiger partial charge >= 0.3 is 0 Å². The maximum absolute atomic E-state index is 12.5. The second-order valence-electron chi connectivity index (χ2n) is 7.01. The van der Waals surface area contributed by atoms with E-state index < -0.39 is 26.0 Å². The molecule has 11 heteroatoms. The van der Waals surface area contributed by atoms with Gasteiger partial charge in [-0.15, -0.1) is 0 Å². The summed E-state index contributed by atoms with van der Waals surface area (Å²) in [6.45, 7) is 0.960. The Bertz CT molecular complexity index is 1110. The maximum Gasteiger partial charge on any atom is 0.243 e. The summed E-state index contributed by atoms with van der Waals surface area (Å²) < 4.78 is 58.4. The number of hydrogen-bond acceptors (Lipinski definition) is 6. The topological polar surface area (TPSA) is 122 Å². The number of anilines is 1. The van der Waals surface area contributed by atoms with Crippen LogP contribution in [0.1, 0.15) is 19.3 Å². The highest BCUT2D eigenvalue weighted by atomic mass is 32.2. The van der Waals surface area contributed by atoms with Crippen molar-refractivity contribution >= 4 is 31.6 Å². The predicted molar refractivity (Wildman–Crippen MR) is 116 cm³/mol. The summed E-state index contributed by atoms with van der Waals surface area (Å²) in [5, 5.41) is 2.63. The molecule has 0 bridgehead atoms. The lowest BCUT2D eigenvalue weighted by atomic mass is 10.3. The Hall–Kier alpha value is -2.47. The molecule has 1 saturated heterocycles. The van der Waals surface area contributed by atoms with E-state index in [1.165, 1.54) is 59.9 Å². The van der Waals surface area contributed by atoms with Crippen molar-refractivity contribution in [2.75, 3.05) is 32.1 Å². The van der Waals surface area contributed by atoms with E-state index in [1.54, 1.807) is 0 Å². The van der Waals surface area contributed by atoms with Gasteiger partial charge in [0.15, 0.2) is 0 Å². The van der Waals surface area contributed by atoms with Crippen LogP contribution in [0.2, 0.25) is 0 Å². The first kappa shape index (κ1) is 23.2. The molecule has 2 aromatic carbocycles. The summed E-state index contributed by atoms with van der Waals surface area (Å²) in [5.41, 5.74) is 0.434.